The molecular formula is C28H29ClN2O3S. The van der Waals surface area contributed by atoms with Crippen molar-refractivity contribution in [3.8, 4) is 5.75 Å². The quantitative estimate of drug-likeness (QED) is 0.348. The van der Waals surface area contributed by atoms with Crippen LogP contribution in [0.15, 0.2) is 72.8 Å². The van der Waals surface area contributed by atoms with E-state index in [2.05, 4.69) is 24.4 Å². The third-order valence-corrected chi connectivity index (χ3v) is 7.32. The summed E-state index contributed by atoms with van der Waals surface area (Å²) in [5.74, 6) is 1.21. The summed E-state index contributed by atoms with van der Waals surface area (Å²) in [6, 6.07) is 23.1. The largest absolute Gasteiger partial charge is 0.492 e. The fourth-order valence-electron chi connectivity index (χ4n) is 3.96. The third-order valence-electron chi connectivity index (χ3n) is 5.81. The molecule has 0 unspecified atom stereocenters. The second-order valence-electron chi connectivity index (χ2n) is 8.43. The Morgan fingerprint density at radius 3 is 2.40 bits per heavy atom. The molecule has 3 aromatic rings. The number of hydrogen-bond acceptors (Lipinski definition) is 4. The van der Waals surface area contributed by atoms with Crippen LogP contribution in [0.1, 0.15) is 45.8 Å². The Bertz CT molecular complexity index is 1130. The summed E-state index contributed by atoms with van der Waals surface area (Å²) < 4.78 is 5.73. The molecule has 1 atom stereocenters. The van der Waals surface area contributed by atoms with Gasteiger partial charge in [-0.15, -0.1) is 11.8 Å². The molecule has 4 rings (SSSR count). The third kappa shape index (κ3) is 6.80. The number of benzene rings is 3. The van der Waals surface area contributed by atoms with Crippen LogP contribution in [0.5, 0.6) is 5.75 Å². The first-order valence-electron chi connectivity index (χ1n) is 11.8. The van der Waals surface area contributed by atoms with E-state index < -0.39 is 0 Å². The Kier molecular flexibility index (Phi) is 8.72. The van der Waals surface area contributed by atoms with Gasteiger partial charge in [-0.25, -0.2) is 0 Å². The Hall–Kier alpha value is -2.96. The molecule has 1 aliphatic rings. The second kappa shape index (κ2) is 12.1. The highest BCUT2D eigenvalue weighted by atomic mass is 35.5. The van der Waals surface area contributed by atoms with E-state index >= 15 is 0 Å². The number of nitrogens with zero attached hydrogens (tertiary/aromatic N) is 1. The van der Waals surface area contributed by atoms with E-state index in [0.717, 1.165) is 29.7 Å². The van der Waals surface area contributed by atoms with Gasteiger partial charge in [0.25, 0.3) is 5.91 Å². The molecule has 0 bridgehead atoms. The smallest absolute Gasteiger partial charge is 0.251 e. The number of hydrogen-bond donors (Lipinski definition) is 1. The molecule has 2 amide bonds. The normalized spacial score (nSPS) is 15.3. The lowest BCUT2D eigenvalue weighted by Gasteiger charge is -2.24. The molecule has 7 heteroatoms. The van der Waals surface area contributed by atoms with Crippen molar-refractivity contribution >= 4 is 35.2 Å². The van der Waals surface area contributed by atoms with E-state index in [0.29, 0.717) is 36.0 Å². The van der Waals surface area contributed by atoms with E-state index in [1.165, 1.54) is 5.56 Å². The maximum absolute atomic E-state index is 12.5. The minimum absolute atomic E-state index is 0.0765. The van der Waals surface area contributed by atoms with Gasteiger partial charge in [-0.05, 0) is 59.5 Å². The fraction of sp³-hybridized carbons (Fsp3) is 0.286. The number of carbonyl (C=O) groups is 2. The number of amides is 2. The van der Waals surface area contributed by atoms with Crippen LogP contribution in [0.3, 0.4) is 0 Å². The zero-order chi connectivity index (χ0) is 24.6. The van der Waals surface area contributed by atoms with Crippen molar-refractivity contribution in [3.05, 3.63) is 100 Å². The van der Waals surface area contributed by atoms with E-state index in [-0.39, 0.29) is 17.2 Å². The van der Waals surface area contributed by atoms with Crippen molar-refractivity contribution in [2.45, 2.75) is 31.7 Å². The number of nitrogens with one attached hydrogen (secondary N) is 1. The molecular weight excluding hydrogens is 480 g/mol. The summed E-state index contributed by atoms with van der Waals surface area (Å²) >= 11 is 7.58. The molecule has 1 saturated heterocycles. The topological polar surface area (TPSA) is 58.6 Å². The summed E-state index contributed by atoms with van der Waals surface area (Å²) in [6.45, 7) is 3.50. The number of ether oxygens (including phenoxy) is 1. The standard InChI is InChI=1S/C28H29ClN2O3S/c1-2-3-20-6-14-25(15-7-20)34-17-16-30-27(33)22-8-10-23(11-9-22)28-31(26(32)19-35-28)18-21-4-12-24(29)13-5-21/h4-15,28H,2-3,16-19H2,1H3,(H,30,33)/t28-/m1/s1. The highest BCUT2D eigenvalue weighted by Gasteiger charge is 2.32. The maximum atomic E-state index is 12.5. The minimum atomic E-state index is -0.147. The number of carbonyl (C=O) groups excluding carboxylic acids is 2. The van der Waals surface area contributed by atoms with Crippen LogP contribution in [0.2, 0.25) is 5.02 Å². The highest BCUT2D eigenvalue weighted by molar-refractivity contribution is 8.00. The number of thioether (sulfide) groups is 1. The number of halogens is 1. The Morgan fingerprint density at radius 2 is 1.71 bits per heavy atom. The van der Waals surface area contributed by atoms with Crippen LogP contribution in [0.4, 0.5) is 0 Å². The van der Waals surface area contributed by atoms with Gasteiger partial charge in [-0.1, -0.05) is 61.3 Å². The molecule has 1 aliphatic heterocycles. The van der Waals surface area contributed by atoms with E-state index in [9.17, 15) is 9.59 Å². The average Bonchev–Trinajstić information content (AvgIpc) is 3.24. The van der Waals surface area contributed by atoms with Gasteiger partial charge in [0.1, 0.15) is 17.7 Å². The fourth-order valence-corrected chi connectivity index (χ4v) is 5.28. The van der Waals surface area contributed by atoms with Crippen LogP contribution in [0.25, 0.3) is 0 Å². The monoisotopic (exact) mass is 508 g/mol. The van der Waals surface area contributed by atoms with Gasteiger partial charge >= 0.3 is 0 Å². The molecule has 0 aromatic heterocycles. The molecule has 35 heavy (non-hydrogen) atoms. The van der Waals surface area contributed by atoms with Crippen LogP contribution < -0.4 is 10.1 Å². The maximum Gasteiger partial charge on any atom is 0.251 e. The van der Waals surface area contributed by atoms with Gasteiger partial charge in [0.05, 0.1) is 12.3 Å². The van der Waals surface area contributed by atoms with Crippen LogP contribution >= 0.6 is 23.4 Å². The molecule has 5 nitrogen and oxygen atoms in total. The van der Waals surface area contributed by atoms with Crippen molar-refractivity contribution in [2.75, 3.05) is 18.9 Å². The minimum Gasteiger partial charge on any atom is -0.492 e. The summed E-state index contributed by atoms with van der Waals surface area (Å²) in [7, 11) is 0. The van der Waals surface area contributed by atoms with Gasteiger partial charge in [0.15, 0.2) is 0 Å². The van der Waals surface area contributed by atoms with Gasteiger partial charge in [-0.3, -0.25) is 9.59 Å². The van der Waals surface area contributed by atoms with Crippen molar-refractivity contribution in [2.24, 2.45) is 0 Å². The van der Waals surface area contributed by atoms with Gasteiger partial charge < -0.3 is 15.0 Å². The average molecular weight is 509 g/mol. The first-order chi connectivity index (χ1) is 17.0. The van der Waals surface area contributed by atoms with Crippen LogP contribution in [0, 0.1) is 0 Å². The summed E-state index contributed by atoms with van der Waals surface area (Å²) in [6.07, 6.45) is 2.18. The first kappa shape index (κ1) is 25.1. The van der Waals surface area contributed by atoms with E-state index in [1.54, 1.807) is 11.8 Å². The number of rotatable bonds is 10. The summed E-state index contributed by atoms with van der Waals surface area (Å²) in [4.78, 5) is 26.9. The molecule has 0 radical (unpaired) electrons. The molecule has 1 heterocycles. The molecule has 0 spiro atoms. The van der Waals surface area contributed by atoms with Crippen molar-refractivity contribution in [1.82, 2.24) is 10.2 Å². The molecule has 3 aromatic carbocycles. The molecule has 1 fully saturated rings. The van der Waals surface area contributed by atoms with Crippen LogP contribution in [-0.2, 0) is 17.8 Å². The predicted molar refractivity (Wildman–Crippen MR) is 142 cm³/mol. The predicted octanol–water partition coefficient (Wildman–Crippen LogP) is 5.88. The highest BCUT2D eigenvalue weighted by Crippen LogP contribution is 2.39. The lowest BCUT2D eigenvalue weighted by atomic mass is 10.1. The zero-order valence-electron chi connectivity index (χ0n) is 19.7. The van der Waals surface area contributed by atoms with Crippen molar-refractivity contribution < 1.29 is 14.3 Å². The van der Waals surface area contributed by atoms with Gasteiger partial charge in [-0.2, -0.15) is 0 Å². The second-order valence-corrected chi connectivity index (χ2v) is 9.94. The van der Waals surface area contributed by atoms with Gasteiger partial charge in [0, 0.05) is 17.1 Å². The Labute approximate surface area is 215 Å². The first-order valence-corrected chi connectivity index (χ1v) is 13.2. The van der Waals surface area contributed by atoms with Gasteiger partial charge in [0.2, 0.25) is 5.91 Å². The number of aryl methyl sites for hydroxylation is 1. The van der Waals surface area contributed by atoms with E-state index in [4.69, 9.17) is 16.3 Å². The zero-order valence-corrected chi connectivity index (χ0v) is 21.3. The van der Waals surface area contributed by atoms with Crippen molar-refractivity contribution in [3.63, 3.8) is 0 Å². The summed E-state index contributed by atoms with van der Waals surface area (Å²) in [5.41, 5.74) is 3.91. The van der Waals surface area contributed by atoms with Crippen molar-refractivity contribution in [1.29, 1.82) is 0 Å². The summed E-state index contributed by atoms with van der Waals surface area (Å²) in [5, 5.41) is 3.50. The molecule has 0 aliphatic carbocycles. The Balaban J connectivity index is 1.28. The molecule has 182 valence electrons. The SMILES string of the molecule is CCCc1ccc(OCCNC(=O)c2ccc([C@H]3SCC(=O)N3Cc3ccc(Cl)cc3)cc2)cc1. The lowest BCUT2D eigenvalue weighted by Crippen LogP contribution is -2.28. The van der Waals surface area contributed by atoms with E-state index in [1.807, 2.05) is 65.6 Å². The lowest BCUT2D eigenvalue weighted by molar-refractivity contribution is -0.128. The molecule has 1 N–H and O–H groups in total. The van der Waals surface area contributed by atoms with Crippen LogP contribution in [-0.4, -0.2) is 35.6 Å². The Morgan fingerprint density at radius 1 is 1.03 bits per heavy atom. The molecule has 0 saturated carbocycles.